The van der Waals surface area contributed by atoms with Crippen molar-refractivity contribution in [3.63, 3.8) is 0 Å². The molecular formula is C18H19NO3S. The van der Waals surface area contributed by atoms with Crippen LogP contribution in [0.5, 0.6) is 5.75 Å². The average molecular weight is 329 g/mol. The van der Waals surface area contributed by atoms with Crippen LogP contribution < -0.4 is 4.74 Å². The van der Waals surface area contributed by atoms with Gasteiger partial charge in [0.1, 0.15) is 10.8 Å². The van der Waals surface area contributed by atoms with Gasteiger partial charge in [0.15, 0.2) is 9.84 Å². The molecule has 1 fully saturated rings. The quantitative estimate of drug-likeness (QED) is 0.620. The highest BCUT2D eigenvalue weighted by atomic mass is 32.2. The van der Waals surface area contributed by atoms with Crippen LogP contribution in [0.1, 0.15) is 18.4 Å². The molecule has 0 N–H and O–H groups in total. The van der Waals surface area contributed by atoms with Gasteiger partial charge in [-0.1, -0.05) is 30.3 Å². The van der Waals surface area contributed by atoms with Gasteiger partial charge >= 0.3 is 0 Å². The molecule has 2 aromatic carbocycles. The van der Waals surface area contributed by atoms with Crippen LogP contribution in [0, 0.1) is 5.92 Å². The van der Waals surface area contributed by atoms with Crippen molar-refractivity contribution in [1.29, 1.82) is 0 Å². The van der Waals surface area contributed by atoms with Crippen molar-refractivity contribution in [3.8, 4) is 5.75 Å². The van der Waals surface area contributed by atoms with Crippen LogP contribution in [0.4, 0.5) is 5.69 Å². The van der Waals surface area contributed by atoms with Crippen molar-refractivity contribution in [2.75, 3.05) is 7.11 Å². The summed E-state index contributed by atoms with van der Waals surface area (Å²) in [6.45, 7) is 0. The molecule has 1 aliphatic carbocycles. The van der Waals surface area contributed by atoms with Gasteiger partial charge in [-0.2, -0.15) is 0 Å². The number of benzene rings is 2. The number of rotatable bonds is 5. The average Bonchev–Trinajstić information content (AvgIpc) is 3.38. The van der Waals surface area contributed by atoms with Crippen molar-refractivity contribution >= 4 is 20.6 Å². The van der Waals surface area contributed by atoms with E-state index in [1.165, 1.54) is 0 Å². The summed E-state index contributed by atoms with van der Waals surface area (Å²) in [6, 6.07) is 16.4. The summed E-state index contributed by atoms with van der Waals surface area (Å²) < 4.78 is 30.6. The van der Waals surface area contributed by atoms with Crippen LogP contribution in [-0.4, -0.2) is 20.6 Å². The van der Waals surface area contributed by atoms with Gasteiger partial charge in [0.25, 0.3) is 0 Å². The fraction of sp³-hybridized carbons (Fsp3) is 0.278. The van der Waals surface area contributed by atoms with E-state index < -0.39 is 9.84 Å². The Bertz CT molecular complexity index is 792. The van der Waals surface area contributed by atoms with Crippen molar-refractivity contribution in [1.82, 2.24) is 0 Å². The van der Waals surface area contributed by atoms with E-state index in [1.54, 1.807) is 31.4 Å². The third-order valence-corrected chi connectivity index (χ3v) is 5.53. The topological polar surface area (TPSA) is 55.7 Å². The largest absolute Gasteiger partial charge is 0.497 e. The first-order chi connectivity index (χ1) is 11.1. The molecule has 0 amide bonds. The Kier molecular flexibility index (Phi) is 4.48. The predicted molar refractivity (Wildman–Crippen MR) is 91.9 cm³/mol. The van der Waals surface area contributed by atoms with E-state index in [1.807, 2.05) is 30.3 Å². The molecule has 0 saturated heterocycles. The van der Waals surface area contributed by atoms with Gasteiger partial charge in [-0.3, -0.25) is 0 Å². The summed E-state index contributed by atoms with van der Waals surface area (Å²) in [5, 5.41) is 0.312. The van der Waals surface area contributed by atoms with E-state index in [0.717, 1.165) is 24.2 Å². The number of hydrogen-bond donors (Lipinski definition) is 0. The Morgan fingerprint density at radius 1 is 1.09 bits per heavy atom. The summed E-state index contributed by atoms with van der Waals surface area (Å²) >= 11 is 0. The summed E-state index contributed by atoms with van der Waals surface area (Å²) in [6.07, 6.45) is 1.78. The van der Waals surface area contributed by atoms with Crippen molar-refractivity contribution in [2.24, 2.45) is 10.9 Å². The van der Waals surface area contributed by atoms with Gasteiger partial charge in [0.05, 0.1) is 18.6 Å². The lowest BCUT2D eigenvalue weighted by atomic mass is 10.2. The van der Waals surface area contributed by atoms with Gasteiger partial charge in [-0.25, -0.2) is 13.4 Å². The molecule has 0 spiro atoms. The predicted octanol–water partition coefficient (Wildman–Crippen LogP) is 3.75. The highest BCUT2D eigenvalue weighted by Gasteiger charge is 2.36. The van der Waals surface area contributed by atoms with E-state index in [4.69, 9.17) is 4.74 Å². The first-order valence-corrected chi connectivity index (χ1v) is 9.23. The Hall–Kier alpha value is -2.14. The zero-order valence-electron chi connectivity index (χ0n) is 13.0. The number of sulfone groups is 1. The molecule has 0 atom stereocenters. The smallest absolute Gasteiger partial charge is 0.196 e. The zero-order chi connectivity index (χ0) is 16.3. The maximum absolute atomic E-state index is 12.8. The second-order valence-corrected chi connectivity index (χ2v) is 7.60. The third kappa shape index (κ3) is 3.99. The van der Waals surface area contributed by atoms with Gasteiger partial charge in [0.2, 0.25) is 0 Å². The summed E-state index contributed by atoms with van der Waals surface area (Å²) in [4.78, 5) is 4.44. The minimum Gasteiger partial charge on any atom is -0.497 e. The fourth-order valence-electron chi connectivity index (χ4n) is 2.40. The van der Waals surface area contributed by atoms with E-state index >= 15 is 0 Å². The standard InChI is InChI=1S/C18H19NO3S/c1-22-17-11-9-16(10-12-17)19-18(15-7-8-15)23(20,21)13-14-5-3-2-4-6-14/h2-6,9-12,15H,7-8,13H2,1H3. The lowest BCUT2D eigenvalue weighted by Crippen LogP contribution is -2.19. The van der Waals surface area contributed by atoms with Crippen molar-refractivity contribution in [2.45, 2.75) is 18.6 Å². The molecule has 5 heteroatoms. The SMILES string of the molecule is COc1ccc(N=C(C2CC2)S(=O)(=O)Cc2ccccc2)cc1. The summed E-state index contributed by atoms with van der Waals surface area (Å²) in [7, 11) is -1.81. The third-order valence-electron chi connectivity index (χ3n) is 3.76. The molecule has 1 saturated carbocycles. The van der Waals surface area contributed by atoms with Crippen LogP contribution in [0.15, 0.2) is 59.6 Å². The Labute approximate surface area is 136 Å². The van der Waals surface area contributed by atoms with Gasteiger partial charge in [-0.15, -0.1) is 0 Å². The van der Waals surface area contributed by atoms with Crippen LogP contribution in [-0.2, 0) is 15.6 Å². The lowest BCUT2D eigenvalue weighted by molar-refractivity contribution is 0.415. The molecule has 0 unspecified atom stereocenters. The molecule has 0 bridgehead atoms. The van der Waals surface area contributed by atoms with Gasteiger partial charge in [0, 0.05) is 5.92 Å². The van der Waals surface area contributed by atoms with Crippen molar-refractivity contribution in [3.05, 3.63) is 60.2 Å². The molecule has 2 aromatic rings. The minimum atomic E-state index is -3.41. The molecule has 3 rings (SSSR count). The van der Waals surface area contributed by atoms with E-state index in [2.05, 4.69) is 4.99 Å². The number of methoxy groups -OCH3 is 1. The molecule has 23 heavy (non-hydrogen) atoms. The number of nitrogens with zero attached hydrogens (tertiary/aromatic N) is 1. The molecular weight excluding hydrogens is 310 g/mol. The Balaban J connectivity index is 1.89. The minimum absolute atomic E-state index is 0.000667. The Morgan fingerprint density at radius 3 is 2.30 bits per heavy atom. The number of hydrogen-bond acceptors (Lipinski definition) is 4. The van der Waals surface area contributed by atoms with Crippen LogP contribution in [0.3, 0.4) is 0 Å². The molecule has 0 aliphatic heterocycles. The highest BCUT2D eigenvalue weighted by Crippen LogP contribution is 2.35. The molecule has 1 aliphatic rings. The molecule has 0 radical (unpaired) electrons. The monoisotopic (exact) mass is 329 g/mol. The fourth-order valence-corrected chi connectivity index (χ4v) is 4.16. The van der Waals surface area contributed by atoms with Gasteiger partial charge < -0.3 is 4.74 Å². The first kappa shape index (κ1) is 15.7. The number of aliphatic imine (C=N–C) groups is 1. The highest BCUT2D eigenvalue weighted by molar-refractivity contribution is 8.05. The summed E-state index contributed by atoms with van der Waals surface area (Å²) in [5.41, 5.74) is 1.43. The number of ether oxygens (including phenoxy) is 1. The van der Waals surface area contributed by atoms with E-state index in [9.17, 15) is 8.42 Å². The van der Waals surface area contributed by atoms with E-state index in [0.29, 0.717) is 10.7 Å². The summed E-state index contributed by atoms with van der Waals surface area (Å²) in [5.74, 6) is 0.786. The zero-order valence-corrected chi connectivity index (χ0v) is 13.8. The maximum Gasteiger partial charge on any atom is 0.196 e. The van der Waals surface area contributed by atoms with Crippen LogP contribution >= 0.6 is 0 Å². The second kappa shape index (κ2) is 6.54. The molecule has 0 heterocycles. The first-order valence-electron chi connectivity index (χ1n) is 7.58. The normalized spacial score (nSPS) is 15.4. The molecule has 120 valence electrons. The Morgan fingerprint density at radius 2 is 1.74 bits per heavy atom. The lowest BCUT2D eigenvalue weighted by Gasteiger charge is -2.08. The van der Waals surface area contributed by atoms with E-state index in [-0.39, 0.29) is 11.7 Å². The molecule has 4 nitrogen and oxygen atoms in total. The van der Waals surface area contributed by atoms with Crippen LogP contribution in [0.25, 0.3) is 0 Å². The maximum atomic E-state index is 12.8. The van der Waals surface area contributed by atoms with Crippen molar-refractivity contribution < 1.29 is 13.2 Å². The second-order valence-electron chi connectivity index (χ2n) is 5.67. The molecule has 0 aromatic heterocycles. The van der Waals surface area contributed by atoms with Crippen LogP contribution in [0.2, 0.25) is 0 Å². The van der Waals surface area contributed by atoms with Gasteiger partial charge in [-0.05, 0) is 42.7 Å².